The number of halogens is 7. The Morgan fingerprint density at radius 1 is 1.18 bits per heavy atom. The Morgan fingerprint density at radius 3 is 2.32 bits per heavy atom. The van der Waals surface area contributed by atoms with Crippen LogP contribution in [0.4, 0.5) is 26.3 Å². The summed E-state index contributed by atoms with van der Waals surface area (Å²) in [4.78, 5) is 5.01. The molecule has 132 valence electrons. The third kappa shape index (κ3) is 9.54. The molecule has 0 aromatic carbocycles. The van der Waals surface area contributed by atoms with E-state index in [1.165, 1.54) is 11.9 Å². The van der Waals surface area contributed by atoms with E-state index in [1.54, 1.807) is 0 Å². The molecule has 0 saturated carbocycles. The maximum atomic E-state index is 12.2. The maximum absolute atomic E-state index is 12.2. The highest BCUT2D eigenvalue weighted by Gasteiger charge is 2.34. The van der Waals surface area contributed by atoms with Crippen molar-refractivity contribution in [1.82, 2.24) is 15.5 Å². The summed E-state index contributed by atoms with van der Waals surface area (Å²) >= 11 is 0. The predicted octanol–water partition coefficient (Wildman–Crippen LogP) is 2.36. The molecule has 0 spiro atoms. The molecule has 0 amide bonds. The lowest BCUT2D eigenvalue weighted by Crippen LogP contribution is -2.45. The van der Waals surface area contributed by atoms with Gasteiger partial charge in [0.2, 0.25) is 0 Å². The number of hydrogen-bond donors (Lipinski definition) is 2. The Balaban J connectivity index is 0.00000441. The molecule has 1 aliphatic rings. The van der Waals surface area contributed by atoms with Crippen molar-refractivity contribution in [3.63, 3.8) is 0 Å². The van der Waals surface area contributed by atoms with Crippen LogP contribution in [0.15, 0.2) is 4.99 Å². The summed E-state index contributed by atoms with van der Waals surface area (Å²) in [5, 5.41) is 5.32. The van der Waals surface area contributed by atoms with Gasteiger partial charge in [-0.25, -0.2) is 0 Å². The number of nitrogens with one attached hydrogen (secondary N) is 2. The SMILES string of the molecule is CN=C(NCCC(F)(F)F)NC1CCN(CC(F)(F)F)C1.I. The van der Waals surface area contributed by atoms with Crippen LogP contribution in [-0.2, 0) is 0 Å². The van der Waals surface area contributed by atoms with Crippen molar-refractivity contribution < 1.29 is 26.3 Å². The largest absolute Gasteiger partial charge is 0.401 e. The highest BCUT2D eigenvalue weighted by Crippen LogP contribution is 2.20. The first-order valence-corrected chi connectivity index (χ1v) is 6.42. The lowest BCUT2D eigenvalue weighted by Gasteiger charge is -2.20. The van der Waals surface area contributed by atoms with E-state index in [0.29, 0.717) is 6.42 Å². The highest BCUT2D eigenvalue weighted by molar-refractivity contribution is 14.0. The van der Waals surface area contributed by atoms with Gasteiger partial charge in [-0.15, -0.1) is 24.0 Å². The number of nitrogens with zero attached hydrogens (tertiary/aromatic N) is 2. The summed E-state index contributed by atoms with van der Waals surface area (Å²) in [6, 6.07) is -0.260. The normalized spacial score (nSPS) is 20.7. The van der Waals surface area contributed by atoms with Gasteiger partial charge in [-0.3, -0.25) is 9.89 Å². The molecule has 0 radical (unpaired) electrons. The second-order valence-electron chi connectivity index (χ2n) is 4.84. The van der Waals surface area contributed by atoms with E-state index in [9.17, 15) is 26.3 Å². The molecule has 22 heavy (non-hydrogen) atoms. The van der Waals surface area contributed by atoms with E-state index in [-0.39, 0.29) is 55.6 Å². The number of guanidine groups is 1. The van der Waals surface area contributed by atoms with Gasteiger partial charge in [-0.2, -0.15) is 26.3 Å². The molecule has 0 aliphatic carbocycles. The fourth-order valence-corrected chi connectivity index (χ4v) is 2.06. The van der Waals surface area contributed by atoms with Crippen LogP contribution in [0.25, 0.3) is 0 Å². The van der Waals surface area contributed by atoms with E-state index >= 15 is 0 Å². The van der Waals surface area contributed by atoms with Crippen molar-refractivity contribution in [2.45, 2.75) is 31.2 Å². The third-order valence-corrected chi connectivity index (χ3v) is 2.94. The third-order valence-electron chi connectivity index (χ3n) is 2.94. The van der Waals surface area contributed by atoms with E-state index in [0.717, 1.165) is 0 Å². The predicted molar refractivity (Wildman–Crippen MR) is 81.5 cm³/mol. The quantitative estimate of drug-likeness (QED) is 0.301. The van der Waals surface area contributed by atoms with E-state index in [2.05, 4.69) is 15.6 Å². The minimum atomic E-state index is -4.26. The summed E-state index contributed by atoms with van der Waals surface area (Å²) < 4.78 is 72.7. The Labute approximate surface area is 141 Å². The molecule has 2 N–H and O–H groups in total. The Morgan fingerprint density at radius 2 is 1.82 bits per heavy atom. The first-order valence-electron chi connectivity index (χ1n) is 6.42. The Bertz CT molecular complexity index is 357. The minimum Gasteiger partial charge on any atom is -0.356 e. The van der Waals surface area contributed by atoms with Gasteiger partial charge in [0.05, 0.1) is 13.0 Å². The van der Waals surface area contributed by atoms with Crippen LogP contribution in [0.5, 0.6) is 0 Å². The molecular formula is C11H19F6IN4. The van der Waals surface area contributed by atoms with Crippen LogP contribution in [-0.4, -0.2) is 62.5 Å². The standard InChI is InChI=1S/C11H18F6N4.HI/c1-18-9(19-4-3-10(12,13)14)20-8-2-5-21(6-8)7-11(15,16)17;/h8H,2-7H2,1H3,(H2,18,19,20);1H. The topological polar surface area (TPSA) is 39.7 Å². The monoisotopic (exact) mass is 448 g/mol. The van der Waals surface area contributed by atoms with Crippen LogP contribution in [0.1, 0.15) is 12.8 Å². The fourth-order valence-electron chi connectivity index (χ4n) is 2.06. The Kier molecular flexibility index (Phi) is 8.80. The molecule has 1 saturated heterocycles. The minimum absolute atomic E-state index is 0. The summed E-state index contributed by atoms with van der Waals surface area (Å²) in [5.74, 6) is 0.165. The smallest absolute Gasteiger partial charge is 0.356 e. The van der Waals surface area contributed by atoms with Crippen molar-refractivity contribution in [2.75, 3.05) is 33.2 Å². The highest BCUT2D eigenvalue weighted by atomic mass is 127. The second-order valence-corrected chi connectivity index (χ2v) is 4.84. The first kappa shape index (κ1) is 21.5. The van der Waals surface area contributed by atoms with Crippen LogP contribution < -0.4 is 10.6 Å². The van der Waals surface area contributed by atoms with Gasteiger partial charge < -0.3 is 10.6 Å². The van der Waals surface area contributed by atoms with Crippen molar-refractivity contribution >= 4 is 29.9 Å². The molecule has 1 aliphatic heterocycles. The average Bonchev–Trinajstić information content (AvgIpc) is 2.71. The molecule has 1 unspecified atom stereocenters. The zero-order chi connectivity index (χ0) is 16.1. The molecule has 1 rings (SSSR count). The number of rotatable bonds is 4. The van der Waals surface area contributed by atoms with Gasteiger partial charge in [0.15, 0.2) is 5.96 Å². The fraction of sp³-hybridized carbons (Fsp3) is 0.909. The van der Waals surface area contributed by atoms with Crippen molar-refractivity contribution in [2.24, 2.45) is 4.99 Å². The van der Waals surface area contributed by atoms with Crippen LogP contribution in [0, 0.1) is 0 Å². The van der Waals surface area contributed by atoms with Crippen LogP contribution >= 0.6 is 24.0 Å². The van der Waals surface area contributed by atoms with E-state index in [4.69, 9.17) is 0 Å². The number of alkyl halides is 6. The number of likely N-dealkylation sites (tertiary alicyclic amines) is 1. The van der Waals surface area contributed by atoms with Gasteiger partial charge in [0.1, 0.15) is 0 Å². The lowest BCUT2D eigenvalue weighted by molar-refractivity contribution is -0.143. The molecular weight excluding hydrogens is 429 g/mol. The summed E-state index contributed by atoms with van der Waals surface area (Å²) in [7, 11) is 1.39. The van der Waals surface area contributed by atoms with Crippen LogP contribution in [0.3, 0.4) is 0 Å². The Hall–Kier alpha value is -0.460. The van der Waals surface area contributed by atoms with Crippen LogP contribution in [0.2, 0.25) is 0 Å². The first-order chi connectivity index (χ1) is 9.59. The summed E-state index contributed by atoms with van der Waals surface area (Å²) in [6.45, 7) is -0.844. The van der Waals surface area contributed by atoms with Crippen molar-refractivity contribution in [1.29, 1.82) is 0 Å². The summed E-state index contributed by atoms with van der Waals surface area (Å²) in [5.41, 5.74) is 0. The van der Waals surface area contributed by atoms with Gasteiger partial charge in [-0.05, 0) is 6.42 Å². The molecule has 4 nitrogen and oxygen atoms in total. The summed E-state index contributed by atoms with van der Waals surface area (Å²) in [6.07, 6.45) is -9.03. The molecule has 1 fully saturated rings. The van der Waals surface area contributed by atoms with Gasteiger partial charge >= 0.3 is 12.4 Å². The van der Waals surface area contributed by atoms with Gasteiger partial charge in [0, 0.05) is 32.7 Å². The van der Waals surface area contributed by atoms with Gasteiger partial charge in [-0.1, -0.05) is 0 Å². The molecule has 1 heterocycles. The van der Waals surface area contributed by atoms with E-state index < -0.39 is 25.3 Å². The van der Waals surface area contributed by atoms with E-state index in [1.807, 2.05) is 0 Å². The zero-order valence-corrected chi connectivity index (χ0v) is 14.2. The molecule has 0 aromatic heterocycles. The van der Waals surface area contributed by atoms with Crippen molar-refractivity contribution in [3.8, 4) is 0 Å². The van der Waals surface area contributed by atoms with Gasteiger partial charge in [0.25, 0.3) is 0 Å². The lowest BCUT2D eigenvalue weighted by atomic mass is 10.3. The molecule has 11 heteroatoms. The number of hydrogen-bond acceptors (Lipinski definition) is 2. The number of aliphatic imine (C=N–C) groups is 1. The average molecular weight is 448 g/mol. The molecule has 1 atom stereocenters. The molecule has 0 bridgehead atoms. The maximum Gasteiger partial charge on any atom is 0.401 e. The van der Waals surface area contributed by atoms with Crippen molar-refractivity contribution in [3.05, 3.63) is 0 Å². The molecule has 0 aromatic rings. The second kappa shape index (κ2) is 8.99. The zero-order valence-electron chi connectivity index (χ0n) is 11.9.